The molecule has 0 saturated heterocycles. The third-order valence-corrected chi connectivity index (χ3v) is 2.65. The number of nitrogens with zero attached hydrogens (tertiary/aromatic N) is 1. The van der Waals surface area contributed by atoms with Crippen LogP contribution in [-0.2, 0) is 6.54 Å². The Bertz CT molecular complexity index is 445. The molecule has 0 aliphatic carbocycles. The first kappa shape index (κ1) is 15.6. The first-order valence-electron chi connectivity index (χ1n) is 6.51. The summed E-state index contributed by atoms with van der Waals surface area (Å²) in [6, 6.07) is 4.78. The van der Waals surface area contributed by atoms with Crippen molar-refractivity contribution in [3.63, 3.8) is 0 Å². The maximum atomic E-state index is 13.5. The summed E-state index contributed by atoms with van der Waals surface area (Å²) in [6.45, 7) is 4.53. The smallest absolute Gasteiger partial charge is 0.124 e. The van der Waals surface area contributed by atoms with Crippen LogP contribution in [0.1, 0.15) is 24.5 Å². The minimum Gasteiger partial charge on any atom is -0.395 e. The summed E-state index contributed by atoms with van der Waals surface area (Å²) in [5, 5.41) is 9.01. The van der Waals surface area contributed by atoms with Gasteiger partial charge in [0.15, 0.2) is 0 Å². The van der Waals surface area contributed by atoms with E-state index in [2.05, 4.69) is 23.7 Å². The highest BCUT2D eigenvalue weighted by atomic mass is 19.1. The van der Waals surface area contributed by atoms with Gasteiger partial charge in [-0.25, -0.2) is 4.39 Å². The Morgan fingerprint density at radius 1 is 1.32 bits per heavy atom. The molecule has 0 spiro atoms. The summed E-state index contributed by atoms with van der Waals surface area (Å²) in [5.74, 6) is 5.27. The number of aliphatic hydroxyl groups is 1. The second-order valence-corrected chi connectivity index (χ2v) is 4.35. The van der Waals surface area contributed by atoms with Crippen LogP contribution in [0.4, 0.5) is 4.39 Å². The van der Waals surface area contributed by atoms with E-state index >= 15 is 0 Å². The number of rotatable bonds is 6. The van der Waals surface area contributed by atoms with Gasteiger partial charge in [-0.05, 0) is 36.7 Å². The molecule has 0 saturated carbocycles. The van der Waals surface area contributed by atoms with E-state index in [1.54, 1.807) is 0 Å². The van der Waals surface area contributed by atoms with Crippen molar-refractivity contribution in [3.05, 3.63) is 35.1 Å². The second-order valence-electron chi connectivity index (χ2n) is 4.35. The third-order valence-electron chi connectivity index (χ3n) is 2.65. The van der Waals surface area contributed by atoms with Crippen LogP contribution in [0.15, 0.2) is 18.2 Å². The molecule has 0 fully saturated rings. The van der Waals surface area contributed by atoms with Crippen LogP contribution in [0.5, 0.6) is 0 Å². The van der Waals surface area contributed by atoms with Gasteiger partial charge >= 0.3 is 0 Å². The fourth-order valence-electron chi connectivity index (χ4n) is 1.95. The van der Waals surface area contributed by atoms with E-state index in [4.69, 9.17) is 10.8 Å². The topological polar surface area (TPSA) is 49.5 Å². The highest BCUT2D eigenvalue weighted by Gasteiger charge is 2.06. The molecule has 0 aliphatic rings. The Labute approximate surface area is 114 Å². The fourth-order valence-corrected chi connectivity index (χ4v) is 1.95. The summed E-state index contributed by atoms with van der Waals surface area (Å²) < 4.78 is 13.5. The van der Waals surface area contributed by atoms with Crippen molar-refractivity contribution in [1.29, 1.82) is 0 Å². The molecule has 1 aromatic carbocycles. The lowest BCUT2D eigenvalue weighted by molar-refractivity contribution is 0.190. The highest BCUT2D eigenvalue weighted by Crippen LogP contribution is 2.11. The first-order chi connectivity index (χ1) is 9.19. The average molecular weight is 264 g/mol. The quantitative estimate of drug-likeness (QED) is 0.762. The van der Waals surface area contributed by atoms with Crippen molar-refractivity contribution in [2.24, 2.45) is 5.73 Å². The molecule has 0 atom stereocenters. The van der Waals surface area contributed by atoms with E-state index in [0.717, 1.165) is 18.5 Å². The van der Waals surface area contributed by atoms with Gasteiger partial charge in [0.2, 0.25) is 0 Å². The van der Waals surface area contributed by atoms with E-state index in [0.29, 0.717) is 18.7 Å². The van der Waals surface area contributed by atoms with Gasteiger partial charge in [-0.2, -0.15) is 0 Å². The summed E-state index contributed by atoms with van der Waals surface area (Å²) in [4.78, 5) is 2.09. The van der Waals surface area contributed by atoms with Gasteiger partial charge in [-0.3, -0.25) is 4.90 Å². The molecule has 0 radical (unpaired) electrons. The highest BCUT2D eigenvalue weighted by molar-refractivity contribution is 5.38. The van der Waals surface area contributed by atoms with Crippen LogP contribution in [-0.4, -0.2) is 36.2 Å². The summed E-state index contributed by atoms with van der Waals surface area (Å²) >= 11 is 0. The molecule has 4 heteroatoms. The molecule has 0 amide bonds. The third kappa shape index (κ3) is 5.84. The number of hydrogen-bond acceptors (Lipinski definition) is 3. The number of nitrogens with two attached hydrogens (primary N) is 1. The van der Waals surface area contributed by atoms with E-state index in [-0.39, 0.29) is 19.0 Å². The van der Waals surface area contributed by atoms with E-state index < -0.39 is 0 Å². The molecule has 3 nitrogen and oxygen atoms in total. The summed E-state index contributed by atoms with van der Waals surface area (Å²) in [5.41, 5.74) is 6.81. The van der Waals surface area contributed by atoms with Crippen molar-refractivity contribution in [2.75, 3.05) is 26.2 Å². The lowest BCUT2D eigenvalue weighted by Gasteiger charge is -2.20. The molecular weight excluding hydrogens is 243 g/mol. The Balaban J connectivity index is 2.83. The maximum Gasteiger partial charge on any atom is 0.124 e. The Morgan fingerprint density at radius 2 is 2.11 bits per heavy atom. The number of halogens is 1. The Morgan fingerprint density at radius 3 is 2.74 bits per heavy atom. The van der Waals surface area contributed by atoms with Crippen LogP contribution in [0.2, 0.25) is 0 Å². The molecule has 19 heavy (non-hydrogen) atoms. The van der Waals surface area contributed by atoms with Crippen molar-refractivity contribution >= 4 is 0 Å². The van der Waals surface area contributed by atoms with Crippen molar-refractivity contribution in [2.45, 2.75) is 19.9 Å². The summed E-state index contributed by atoms with van der Waals surface area (Å²) in [6.07, 6.45) is 0.995. The van der Waals surface area contributed by atoms with Gasteiger partial charge in [0.25, 0.3) is 0 Å². The molecule has 1 rings (SSSR count). The zero-order valence-corrected chi connectivity index (χ0v) is 11.3. The molecule has 0 aromatic heterocycles. The van der Waals surface area contributed by atoms with E-state index in [1.807, 2.05) is 6.07 Å². The molecule has 3 N–H and O–H groups in total. The van der Waals surface area contributed by atoms with E-state index in [9.17, 15) is 4.39 Å². The number of hydrogen-bond donors (Lipinski definition) is 2. The minimum absolute atomic E-state index is 0.106. The standard InChI is InChI=1S/C15H21FN2O/c1-2-6-18(7-8-19)12-14-9-13(4-3-5-17)10-15(16)11-14/h9-11,19H,2,5-8,12,17H2,1H3. The van der Waals surface area contributed by atoms with Crippen molar-refractivity contribution in [1.82, 2.24) is 4.90 Å². The summed E-state index contributed by atoms with van der Waals surface area (Å²) in [7, 11) is 0. The van der Waals surface area contributed by atoms with Gasteiger partial charge in [-0.1, -0.05) is 18.8 Å². The normalized spacial score (nSPS) is 10.4. The Kier molecular flexibility index (Phi) is 7.12. The molecule has 0 aliphatic heterocycles. The molecule has 0 bridgehead atoms. The number of benzene rings is 1. The molecule has 0 heterocycles. The lowest BCUT2D eigenvalue weighted by atomic mass is 10.1. The average Bonchev–Trinajstić information content (AvgIpc) is 2.36. The molecular formula is C15H21FN2O. The monoisotopic (exact) mass is 264 g/mol. The zero-order valence-electron chi connectivity index (χ0n) is 11.3. The zero-order chi connectivity index (χ0) is 14.1. The van der Waals surface area contributed by atoms with Crippen LogP contribution in [0, 0.1) is 17.7 Å². The molecule has 1 aromatic rings. The van der Waals surface area contributed by atoms with Crippen LogP contribution in [0.25, 0.3) is 0 Å². The van der Waals surface area contributed by atoms with E-state index in [1.165, 1.54) is 12.1 Å². The maximum absolute atomic E-state index is 13.5. The number of aliphatic hydroxyl groups excluding tert-OH is 1. The van der Waals surface area contributed by atoms with Crippen LogP contribution < -0.4 is 5.73 Å². The lowest BCUT2D eigenvalue weighted by Crippen LogP contribution is -2.27. The predicted molar refractivity (Wildman–Crippen MR) is 75.0 cm³/mol. The van der Waals surface area contributed by atoms with Gasteiger partial charge in [-0.15, -0.1) is 0 Å². The van der Waals surface area contributed by atoms with Crippen LogP contribution in [0.3, 0.4) is 0 Å². The SMILES string of the molecule is CCCN(CCO)Cc1cc(F)cc(C#CCN)c1. The van der Waals surface area contributed by atoms with Gasteiger partial charge in [0, 0.05) is 18.7 Å². The fraction of sp³-hybridized carbons (Fsp3) is 0.467. The van der Waals surface area contributed by atoms with Gasteiger partial charge in [0.05, 0.1) is 13.2 Å². The van der Waals surface area contributed by atoms with Gasteiger partial charge < -0.3 is 10.8 Å². The minimum atomic E-state index is -0.292. The second kappa shape index (κ2) is 8.65. The first-order valence-corrected chi connectivity index (χ1v) is 6.51. The van der Waals surface area contributed by atoms with Crippen molar-refractivity contribution < 1.29 is 9.50 Å². The Hall–Kier alpha value is -1.41. The van der Waals surface area contributed by atoms with Crippen LogP contribution >= 0.6 is 0 Å². The van der Waals surface area contributed by atoms with Gasteiger partial charge in [0.1, 0.15) is 5.82 Å². The molecule has 104 valence electrons. The van der Waals surface area contributed by atoms with Crippen molar-refractivity contribution in [3.8, 4) is 11.8 Å². The molecule has 0 unspecified atom stereocenters. The predicted octanol–water partition coefficient (Wildman–Crippen LogP) is 1.34. The largest absolute Gasteiger partial charge is 0.395 e.